The van der Waals surface area contributed by atoms with Gasteiger partial charge >= 0.3 is 0 Å². The predicted molar refractivity (Wildman–Crippen MR) is 68.1 cm³/mol. The molecule has 4 heteroatoms. The van der Waals surface area contributed by atoms with E-state index in [2.05, 4.69) is 33.9 Å². The molecule has 1 aliphatic heterocycles. The zero-order chi connectivity index (χ0) is 12.6. The molecule has 0 aromatic heterocycles. The van der Waals surface area contributed by atoms with Crippen LogP contribution in [0.2, 0.25) is 18.1 Å². The van der Waals surface area contributed by atoms with Gasteiger partial charge in [-0.15, -0.1) is 0 Å². The van der Waals surface area contributed by atoms with Gasteiger partial charge in [0.25, 0.3) is 0 Å². The van der Waals surface area contributed by atoms with Crippen LogP contribution >= 0.6 is 0 Å². The lowest BCUT2D eigenvalue weighted by Gasteiger charge is -2.39. The van der Waals surface area contributed by atoms with Crippen LogP contribution in [0, 0.1) is 0 Å². The third-order valence-corrected chi connectivity index (χ3v) is 8.39. The van der Waals surface area contributed by atoms with E-state index in [1.165, 1.54) is 0 Å². The first-order chi connectivity index (χ1) is 7.17. The zero-order valence-electron chi connectivity index (χ0n) is 11.4. The molecule has 3 atom stereocenters. The van der Waals surface area contributed by atoms with E-state index in [4.69, 9.17) is 14.3 Å². The molecule has 96 valence electrons. The predicted octanol–water partition coefficient (Wildman–Crippen LogP) is 2.55. The smallest absolute Gasteiger partial charge is 0.192 e. The van der Waals surface area contributed by atoms with E-state index in [0.717, 1.165) is 6.42 Å². The molecule has 0 bridgehead atoms. The van der Waals surface area contributed by atoms with Crippen molar-refractivity contribution >= 4 is 8.32 Å². The first kappa shape index (κ1) is 14.2. The molecule has 1 aliphatic rings. The molecule has 1 fully saturated rings. The summed E-state index contributed by atoms with van der Waals surface area (Å²) in [4.78, 5) is 0. The summed E-state index contributed by atoms with van der Waals surface area (Å²) in [7, 11) is -1.72. The second-order valence-corrected chi connectivity index (χ2v) is 11.1. The molecular weight excluding hydrogens is 220 g/mol. The van der Waals surface area contributed by atoms with Gasteiger partial charge in [-0.3, -0.25) is 0 Å². The van der Waals surface area contributed by atoms with Crippen molar-refractivity contribution in [2.24, 2.45) is 0 Å². The van der Waals surface area contributed by atoms with Crippen molar-refractivity contribution in [3.05, 3.63) is 0 Å². The molecular formula is C12H26O3Si. The Morgan fingerprint density at radius 2 is 1.94 bits per heavy atom. The van der Waals surface area contributed by atoms with Crippen molar-refractivity contribution < 1.29 is 14.3 Å². The van der Waals surface area contributed by atoms with Crippen molar-refractivity contribution in [3.63, 3.8) is 0 Å². The minimum absolute atomic E-state index is 0.0373. The fourth-order valence-electron chi connectivity index (χ4n) is 1.71. The van der Waals surface area contributed by atoms with Crippen molar-refractivity contribution in [3.8, 4) is 0 Å². The van der Waals surface area contributed by atoms with Gasteiger partial charge in [-0.05, 0) is 25.1 Å². The molecule has 0 amide bonds. The lowest BCUT2D eigenvalue weighted by molar-refractivity contribution is 0.00261. The fourth-order valence-corrected chi connectivity index (χ4v) is 3.11. The van der Waals surface area contributed by atoms with Crippen LogP contribution in [0.4, 0.5) is 0 Å². The number of aliphatic hydroxyl groups is 1. The first-order valence-corrected chi connectivity index (χ1v) is 9.02. The van der Waals surface area contributed by atoms with E-state index >= 15 is 0 Å². The minimum atomic E-state index is -1.72. The maximum absolute atomic E-state index is 9.09. The number of ether oxygens (including phenoxy) is 1. The minimum Gasteiger partial charge on any atom is -0.411 e. The normalized spacial score (nSPS) is 32.1. The largest absolute Gasteiger partial charge is 0.411 e. The van der Waals surface area contributed by atoms with Gasteiger partial charge in [0.1, 0.15) is 0 Å². The Balaban J connectivity index is 2.61. The Morgan fingerprint density at radius 3 is 2.31 bits per heavy atom. The molecule has 1 saturated heterocycles. The number of rotatable bonds is 3. The maximum Gasteiger partial charge on any atom is 0.192 e. The third-order valence-electron chi connectivity index (χ3n) is 3.88. The average molecular weight is 246 g/mol. The van der Waals surface area contributed by atoms with Gasteiger partial charge < -0.3 is 14.3 Å². The molecule has 0 radical (unpaired) electrons. The lowest BCUT2D eigenvalue weighted by Crippen LogP contribution is -2.45. The van der Waals surface area contributed by atoms with Gasteiger partial charge in [0, 0.05) is 6.42 Å². The monoisotopic (exact) mass is 246 g/mol. The van der Waals surface area contributed by atoms with Crippen LogP contribution in [-0.2, 0) is 9.16 Å². The Kier molecular flexibility index (Phi) is 4.22. The number of aliphatic hydroxyl groups excluding tert-OH is 1. The van der Waals surface area contributed by atoms with Gasteiger partial charge in [0.2, 0.25) is 0 Å². The SMILES string of the molecule is CC1OC(CO)CC1O[Si](C)(C)C(C)(C)C. The van der Waals surface area contributed by atoms with E-state index in [1.54, 1.807) is 0 Å². The molecule has 0 aliphatic carbocycles. The van der Waals surface area contributed by atoms with Gasteiger partial charge in [-0.2, -0.15) is 0 Å². The highest BCUT2D eigenvalue weighted by Crippen LogP contribution is 2.39. The topological polar surface area (TPSA) is 38.7 Å². The first-order valence-electron chi connectivity index (χ1n) is 6.11. The maximum atomic E-state index is 9.09. The second-order valence-electron chi connectivity index (χ2n) is 6.30. The van der Waals surface area contributed by atoms with Crippen molar-refractivity contribution in [2.75, 3.05) is 6.61 Å². The average Bonchev–Trinajstić information content (AvgIpc) is 2.44. The van der Waals surface area contributed by atoms with Crippen LogP contribution in [0.25, 0.3) is 0 Å². The molecule has 3 unspecified atom stereocenters. The molecule has 0 aromatic rings. The number of hydrogen-bond donors (Lipinski definition) is 1. The van der Waals surface area contributed by atoms with Crippen LogP contribution in [0.3, 0.4) is 0 Å². The van der Waals surface area contributed by atoms with Crippen LogP contribution < -0.4 is 0 Å². The van der Waals surface area contributed by atoms with Gasteiger partial charge in [-0.1, -0.05) is 20.8 Å². The summed E-state index contributed by atoms with van der Waals surface area (Å²) in [5, 5.41) is 9.32. The highest BCUT2D eigenvalue weighted by Gasteiger charge is 2.43. The summed E-state index contributed by atoms with van der Waals surface area (Å²) < 4.78 is 11.9. The summed E-state index contributed by atoms with van der Waals surface area (Å²) >= 11 is 0. The summed E-state index contributed by atoms with van der Waals surface area (Å²) in [6.45, 7) is 13.4. The summed E-state index contributed by atoms with van der Waals surface area (Å²) in [6.07, 6.45) is 1.04. The Labute approximate surface area is 100 Å². The highest BCUT2D eigenvalue weighted by molar-refractivity contribution is 6.74. The highest BCUT2D eigenvalue weighted by atomic mass is 28.4. The summed E-state index contributed by atoms with van der Waals surface area (Å²) in [5.74, 6) is 0. The second kappa shape index (κ2) is 4.76. The van der Waals surface area contributed by atoms with E-state index < -0.39 is 8.32 Å². The van der Waals surface area contributed by atoms with E-state index in [0.29, 0.717) is 0 Å². The van der Waals surface area contributed by atoms with Crippen LogP contribution in [-0.4, -0.2) is 38.3 Å². The molecule has 16 heavy (non-hydrogen) atoms. The molecule has 1 rings (SSSR count). The van der Waals surface area contributed by atoms with Crippen molar-refractivity contribution in [2.45, 2.75) is 70.6 Å². The molecule has 0 aromatic carbocycles. The van der Waals surface area contributed by atoms with Gasteiger partial charge in [0.05, 0.1) is 24.9 Å². The van der Waals surface area contributed by atoms with E-state index in [-0.39, 0.29) is 30.0 Å². The van der Waals surface area contributed by atoms with E-state index in [1.807, 2.05) is 6.92 Å². The summed E-state index contributed by atoms with van der Waals surface area (Å²) in [5.41, 5.74) is 0. The van der Waals surface area contributed by atoms with Crippen molar-refractivity contribution in [1.29, 1.82) is 0 Å². The third kappa shape index (κ3) is 3.06. The molecule has 0 saturated carbocycles. The quantitative estimate of drug-likeness (QED) is 0.778. The Hall–Kier alpha value is 0.0969. The molecule has 1 N–H and O–H groups in total. The van der Waals surface area contributed by atoms with Crippen LogP contribution in [0.15, 0.2) is 0 Å². The molecule has 3 nitrogen and oxygen atoms in total. The molecule has 0 spiro atoms. The van der Waals surface area contributed by atoms with Gasteiger partial charge in [-0.25, -0.2) is 0 Å². The lowest BCUT2D eigenvalue weighted by atomic mass is 10.2. The zero-order valence-corrected chi connectivity index (χ0v) is 12.4. The molecule has 1 heterocycles. The Morgan fingerprint density at radius 1 is 1.38 bits per heavy atom. The standard InChI is InChI=1S/C12H26O3Si/c1-9-11(7-10(8-13)14-9)15-16(5,6)12(2,3)4/h9-11,13H,7-8H2,1-6H3. The Bertz CT molecular complexity index is 235. The van der Waals surface area contributed by atoms with Crippen LogP contribution in [0.1, 0.15) is 34.1 Å². The van der Waals surface area contributed by atoms with E-state index in [9.17, 15) is 0 Å². The van der Waals surface area contributed by atoms with Crippen molar-refractivity contribution in [1.82, 2.24) is 0 Å². The summed E-state index contributed by atoms with van der Waals surface area (Å²) in [6, 6.07) is 0. The van der Waals surface area contributed by atoms with Gasteiger partial charge in [0.15, 0.2) is 8.32 Å². The fraction of sp³-hybridized carbons (Fsp3) is 1.00. The van der Waals surface area contributed by atoms with Crippen LogP contribution in [0.5, 0.6) is 0 Å². The number of hydrogen-bond acceptors (Lipinski definition) is 3.